The average molecular weight is 434 g/mol. The van der Waals surface area contributed by atoms with Gasteiger partial charge in [-0.3, -0.25) is 14.8 Å². The molecule has 1 aliphatic rings. The number of benzene rings is 2. The van der Waals surface area contributed by atoms with Crippen LogP contribution in [0.5, 0.6) is 11.5 Å². The van der Waals surface area contributed by atoms with Gasteiger partial charge in [-0.1, -0.05) is 30.4 Å². The average Bonchev–Trinajstić information content (AvgIpc) is 3.30. The van der Waals surface area contributed by atoms with Gasteiger partial charge in [0.1, 0.15) is 11.5 Å². The molecule has 2 heterocycles. The molecule has 2 aromatic heterocycles. The number of nitrogens with one attached hydrogen (secondary N) is 1. The molecule has 0 atom stereocenters. The molecule has 33 heavy (non-hydrogen) atoms. The number of pyridine rings is 2. The highest BCUT2D eigenvalue weighted by atomic mass is 16.5. The molecule has 0 fully saturated rings. The van der Waals surface area contributed by atoms with E-state index in [4.69, 9.17) is 9.72 Å². The Kier molecular flexibility index (Phi) is 5.45. The van der Waals surface area contributed by atoms with Crippen molar-refractivity contribution in [2.75, 3.05) is 5.32 Å². The molecule has 5 heteroatoms. The van der Waals surface area contributed by atoms with Crippen LogP contribution in [0.25, 0.3) is 17.3 Å². The Morgan fingerprint density at radius 2 is 1.94 bits per heavy atom. The minimum atomic E-state index is -0.167. The van der Waals surface area contributed by atoms with Crippen molar-refractivity contribution in [2.24, 2.45) is 0 Å². The van der Waals surface area contributed by atoms with Crippen molar-refractivity contribution in [1.82, 2.24) is 9.97 Å². The number of carbonyl (C=O) groups is 1. The maximum atomic E-state index is 13.0. The molecular formula is C28H23N3O2. The van der Waals surface area contributed by atoms with Gasteiger partial charge in [0.05, 0.1) is 11.4 Å². The van der Waals surface area contributed by atoms with E-state index in [0.717, 1.165) is 45.7 Å². The third-order valence-electron chi connectivity index (χ3n) is 5.61. The molecule has 2 aromatic carbocycles. The van der Waals surface area contributed by atoms with Gasteiger partial charge in [-0.25, -0.2) is 0 Å². The van der Waals surface area contributed by atoms with E-state index < -0.39 is 0 Å². The Labute approximate surface area is 192 Å². The lowest BCUT2D eigenvalue weighted by Gasteiger charge is -2.14. The van der Waals surface area contributed by atoms with E-state index in [2.05, 4.69) is 16.4 Å². The van der Waals surface area contributed by atoms with Gasteiger partial charge in [-0.2, -0.15) is 0 Å². The second kappa shape index (κ2) is 8.71. The van der Waals surface area contributed by atoms with Crippen LogP contribution in [0.1, 0.15) is 32.7 Å². The molecule has 5 rings (SSSR count). The van der Waals surface area contributed by atoms with Crippen LogP contribution in [0.2, 0.25) is 0 Å². The van der Waals surface area contributed by atoms with E-state index in [1.54, 1.807) is 18.5 Å². The molecule has 0 aliphatic heterocycles. The van der Waals surface area contributed by atoms with Gasteiger partial charge in [0.15, 0.2) is 0 Å². The number of allylic oxidation sites excluding steroid dienone is 1. The molecule has 4 aromatic rings. The number of nitrogens with zero attached hydrogens (tertiary/aromatic N) is 2. The lowest BCUT2D eigenvalue weighted by molar-refractivity contribution is 0.102. The number of fused-ring (bicyclic) bond motifs is 1. The molecule has 162 valence electrons. The highest BCUT2D eigenvalue weighted by molar-refractivity contribution is 6.05. The zero-order chi connectivity index (χ0) is 22.8. The van der Waals surface area contributed by atoms with Gasteiger partial charge in [0, 0.05) is 47.3 Å². The highest BCUT2D eigenvalue weighted by Crippen LogP contribution is 2.35. The molecular weight excluding hydrogens is 410 g/mol. The van der Waals surface area contributed by atoms with E-state index in [9.17, 15) is 4.79 Å². The first-order chi connectivity index (χ1) is 16.1. The van der Waals surface area contributed by atoms with Crippen LogP contribution in [0, 0.1) is 13.8 Å². The number of rotatable bonds is 5. The Morgan fingerprint density at radius 1 is 1.03 bits per heavy atom. The quantitative estimate of drug-likeness (QED) is 0.397. The van der Waals surface area contributed by atoms with Crippen LogP contribution < -0.4 is 10.1 Å². The van der Waals surface area contributed by atoms with Crippen molar-refractivity contribution >= 4 is 17.7 Å². The topological polar surface area (TPSA) is 64.1 Å². The van der Waals surface area contributed by atoms with Gasteiger partial charge >= 0.3 is 0 Å². The fourth-order valence-corrected chi connectivity index (χ4v) is 3.91. The van der Waals surface area contributed by atoms with Gasteiger partial charge < -0.3 is 10.1 Å². The summed E-state index contributed by atoms with van der Waals surface area (Å²) >= 11 is 0. The van der Waals surface area contributed by atoms with Gasteiger partial charge in [0.25, 0.3) is 5.91 Å². The standard InChI is InChI=1S/C28H23N3O2/c1-18-6-3-8-21(14-18)30-28(32)24-15-22(12-11-19(24)2)33-27-16-26(20-7-5-13-29-17-20)31-25-10-4-9-23(25)27/h3-9,11-17H,10H2,1-2H3,(H,30,32). The second-order valence-electron chi connectivity index (χ2n) is 8.12. The van der Waals surface area contributed by atoms with Crippen molar-refractivity contribution in [3.05, 3.63) is 107 Å². The number of amides is 1. The number of anilines is 1. The third-order valence-corrected chi connectivity index (χ3v) is 5.61. The first-order valence-corrected chi connectivity index (χ1v) is 10.8. The van der Waals surface area contributed by atoms with Crippen molar-refractivity contribution in [3.63, 3.8) is 0 Å². The zero-order valence-electron chi connectivity index (χ0n) is 18.5. The maximum absolute atomic E-state index is 13.0. The first-order valence-electron chi connectivity index (χ1n) is 10.8. The SMILES string of the molecule is Cc1cccc(NC(=O)c2cc(Oc3cc(-c4cccnc4)nc4c3C=CC4)ccc2C)c1. The predicted octanol–water partition coefficient (Wildman–Crippen LogP) is 6.37. The molecule has 0 saturated heterocycles. The Morgan fingerprint density at radius 3 is 2.76 bits per heavy atom. The summed E-state index contributed by atoms with van der Waals surface area (Å²) in [7, 11) is 0. The molecule has 0 spiro atoms. The van der Waals surface area contributed by atoms with Crippen molar-refractivity contribution in [1.29, 1.82) is 0 Å². The Balaban J connectivity index is 1.46. The smallest absolute Gasteiger partial charge is 0.256 e. The summed E-state index contributed by atoms with van der Waals surface area (Å²) in [6.07, 6.45) is 8.40. The molecule has 0 radical (unpaired) electrons. The molecule has 1 aliphatic carbocycles. The van der Waals surface area contributed by atoms with Crippen molar-refractivity contribution in [2.45, 2.75) is 20.3 Å². The monoisotopic (exact) mass is 433 g/mol. The van der Waals surface area contributed by atoms with Crippen LogP contribution >= 0.6 is 0 Å². The Hall–Kier alpha value is -4.25. The molecule has 0 bridgehead atoms. The van der Waals surface area contributed by atoms with E-state index in [-0.39, 0.29) is 5.91 Å². The highest BCUT2D eigenvalue weighted by Gasteiger charge is 2.18. The van der Waals surface area contributed by atoms with Crippen molar-refractivity contribution in [3.8, 4) is 22.8 Å². The lowest BCUT2D eigenvalue weighted by atomic mass is 10.1. The van der Waals surface area contributed by atoms with E-state index in [1.807, 2.05) is 74.5 Å². The lowest BCUT2D eigenvalue weighted by Crippen LogP contribution is -2.13. The van der Waals surface area contributed by atoms with E-state index in [0.29, 0.717) is 17.1 Å². The predicted molar refractivity (Wildman–Crippen MR) is 131 cm³/mol. The summed E-state index contributed by atoms with van der Waals surface area (Å²) < 4.78 is 6.31. The maximum Gasteiger partial charge on any atom is 0.256 e. The summed E-state index contributed by atoms with van der Waals surface area (Å²) in [5.74, 6) is 1.14. The van der Waals surface area contributed by atoms with Gasteiger partial charge in [-0.15, -0.1) is 0 Å². The first kappa shape index (κ1) is 20.6. The van der Waals surface area contributed by atoms with Crippen molar-refractivity contribution < 1.29 is 9.53 Å². The summed E-state index contributed by atoms with van der Waals surface area (Å²) in [6.45, 7) is 3.92. The van der Waals surface area contributed by atoms with Crippen LogP contribution in [0.3, 0.4) is 0 Å². The zero-order valence-corrected chi connectivity index (χ0v) is 18.5. The molecule has 0 saturated carbocycles. The van der Waals surface area contributed by atoms with Crippen LogP contribution in [-0.2, 0) is 6.42 Å². The van der Waals surface area contributed by atoms with Gasteiger partial charge in [0.2, 0.25) is 0 Å². The number of hydrogen-bond acceptors (Lipinski definition) is 4. The molecule has 1 amide bonds. The Bertz CT molecular complexity index is 1380. The number of aryl methyl sites for hydroxylation is 2. The second-order valence-corrected chi connectivity index (χ2v) is 8.12. The van der Waals surface area contributed by atoms with E-state index >= 15 is 0 Å². The summed E-state index contributed by atoms with van der Waals surface area (Å²) in [5.41, 5.74) is 6.98. The molecule has 5 nitrogen and oxygen atoms in total. The molecule has 1 N–H and O–H groups in total. The number of hydrogen-bond donors (Lipinski definition) is 1. The fourth-order valence-electron chi connectivity index (χ4n) is 3.91. The largest absolute Gasteiger partial charge is 0.457 e. The minimum absolute atomic E-state index is 0.167. The fraction of sp³-hybridized carbons (Fsp3) is 0.107. The normalized spacial score (nSPS) is 11.8. The van der Waals surface area contributed by atoms with E-state index in [1.165, 1.54) is 0 Å². The number of ether oxygens (including phenoxy) is 1. The number of aromatic nitrogens is 2. The number of carbonyl (C=O) groups excluding carboxylic acids is 1. The third kappa shape index (κ3) is 4.39. The summed E-state index contributed by atoms with van der Waals surface area (Å²) in [6, 6.07) is 19.1. The molecule has 0 unspecified atom stereocenters. The van der Waals surface area contributed by atoms with Crippen LogP contribution in [0.15, 0.2) is 79.1 Å². The van der Waals surface area contributed by atoms with Crippen LogP contribution in [-0.4, -0.2) is 15.9 Å². The minimum Gasteiger partial charge on any atom is -0.457 e. The van der Waals surface area contributed by atoms with Gasteiger partial charge in [-0.05, 0) is 61.4 Å². The summed E-state index contributed by atoms with van der Waals surface area (Å²) in [4.78, 5) is 22.0. The summed E-state index contributed by atoms with van der Waals surface area (Å²) in [5, 5.41) is 2.98. The van der Waals surface area contributed by atoms with Crippen LogP contribution in [0.4, 0.5) is 5.69 Å².